The van der Waals surface area contributed by atoms with Gasteiger partial charge in [0.15, 0.2) is 11.4 Å². The van der Waals surface area contributed by atoms with Crippen molar-refractivity contribution in [2.75, 3.05) is 20.7 Å². The molecule has 10 N–H and O–H groups in total. The van der Waals surface area contributed by atoms with Crippen molar-refractivity contribution in [2.24, 2.45) is 17.6 Å². The number of hydrogen-bond donors (Lipinski definition) is 7. The molecular weight excluding hydrogens is 512 g/mol. The number of ketones is 2. The Balaban J connectivity index is 0.00000131. The number of halogens is 1. The summed E-state index contributed by atoms with van der Waals surface area (Å²) in [4.78, 5) is 40.0. The summed E-state index contributed by atoms with van der Waals surface area (Å²) in [7, 11) is 2.92. The fourth-order valence-corrected chi connectivity index (χ4v) is 5.58. The monoisotopic (exact) mass is 543 g/mol. The number of likely N-dealkylation sites (N-methyl/N-ethyl adjacent to an activating group) is 1. The standard InChI is InChI=1S/C22H24N2O8.C2H6O.ClH.H2O/c1-7-8-5-4-6-9(25)11(8)16(26)12-10(7)17(27)14-15(24(2)3)18(28)13(21(23)31)20(30)22(14,32)19(12)29;1-2-3;;/h4-7,10,14-15,17,25-27,30,32H,1-3H3,(H2,23,31);3H,2H2,1H3;1H;1H2/p-1/t7-,10?,14?,15-,17-,22-;;;/m0.../s1. The molecule has 1 amide bonds. The Labute approximate surface area is 219 Å². The molecule has 6 atom stereocenters. The molecule has 12 nitrogen and oxygen atoms in total. The second kappa shape index (κ2) is 11.2. The van der Waals surface area contributed by atoms with Crippen molar-refractivity contribution in [1.29, 1.82) is 0 Å². The van der Waals surface area contributed by atoms with Crippen molar-refractivity contribution >= 4 is 23.2 Å². The zero-order chi connectivity index (χ0) is 26.6. The van der Waals surface area contributed by atoms with Gasteiger partial charge >= 0.3 is 0 Å². The highest BCUT2D eigenvalue weighted by molar-refractivity contribution is 6.24. The van der Waals surface area contributed by atoms with Crippen molar-refractivity contribution in [3.63, 3.8) is 0 Å². The Morgan fingerprint density at radius 1 is 1.16 bits per heavy atom. The number of aromatic hydroxyl groups is 1. The van der Waals surface area contributed by atoms with Crippen molar-refractivity contribution < 1.29 is 62.9 Å². The number of aliphatic hydroxyl groups is 5. The molecule has 3 aliphatic carbocycles. The van der Waals surface area contributed by atoms with Crippen molar-refractivity contribution in [2.45, 2.75) is 37.5 Å². The normalized spacial score (nSPS) is 30.2. The zero-order valence-corrected chi connectivity index (χ0v) is 21.4. The van der Waals surface area contributed by atoms with E-state index >= 15 is 0 Å². The number of aliphatic hydroxyl groups excluding tert-OH is 4. The predicted molar refractivity (Wildman–Crippen MR) is 127 cm³/mol. The summed E-state index contributed by atoms with van der Waals surface area (Å²) >= 11 is 0. The van der Waals surface area contributed by atoms with Gasteiger partial charge in [-0.3, -0.25) is 19.3 Å². The molecule has 1 aromatic carbocycles. The molecule has 4 rings (SSSR count). The van der Waals surface area contributed by atoms with Crippen LogP contribution in [0.4, 0.5) is 0 Å². The molecule has 3 aliphatic rings. The quantitative estimate of drug-likeness (QED) is 0.177. The second-order valence-corrected chi connectivity index (χ2v) is 9.11. The average Bonchev–Trinajstić information content (AvgIpc) is 2.76. The molecule has 1 aromatic rings. The highest BCUT2D eigenvalue weighted by atomic mass is 35.5. The van der Waals surface area contributed by atoms with Crippen molar-refractivity contribution in [3.05, 3.63) is 46.2 Å². The topological polar surface area (TPSA) is 233 Å². The highest BCUT2D eigenvalue weighted by Crippen LogP contribution is 2.55. The van der Waals surface area contributed by atoms with Crippen LogP contribution in [0, 0.1) is 11.8 Å². The van der Waals surface area contributed by atoms with Crippen LogP contribution < -0.4 is 18.1 Å². The van der Waals surface area contributed by atoms with E-state index in [0.717, 1.165) is 0 Å². The maximum atomic E-state index is 13.7. The molecule has 13 heteroatoms. The number of phenolic OH excluding ortho intramolecular Hbond substituents is 1. The van der Waals surface area contributed by atoms with E-state index in [2.05, 4.69) is 0 Å². The number of nitrogens with zero attached hydrogens (tertiary/aromatic N) is 1. The smallest absolute Gasteiger partial charge is 0.255 e. The molecule has 2 unspecified atom stereocenters. The van der Waals surface area contributed by atoms with Gasteiger partial charge in [0, 0.05) is 18.1 Å². The summed E-state index contributed by atoms with van der Waals surface area (Å²) in [6, 6.07) is 3.13. The number of Topliss-reactive ketones (excluding diaryl/α,β-unsaturated/α-hetero) is 2. The van der Waals surface area contributed by atoms with Gasteiger partial charge in [0.2, 0.25) is 5.78 Å². The minimum atomic E-state index is -2.89. The van der Waals surface area contributed by atoms with Crippen LogP contribution in [0.15, 0.2) is 35.1 Å². The molecule has 0 radical (unpaired) electrons. The van der Waals surface area contributed by atoms with Crippen LogP contribution >= 0.6 is 0 Å². The highest BCUT2D eigenvalue weighted by Gasteiger charge is 2.68. The fourth-order valence-electron chi connectivity index (χ4n) is 5.58. The SMILES string of the molecule is CCO.C[C@H]1c2cccc(O)c2C(O)=C2C(=O)[C@]3(O)C(O)=C(C(N)=O)C(=O)[C@@H](N(C)C)C3[C@@H](O)C21.O.[Cl-]. The molecule has 1 saturated carbocycles. The lowest BCUT2D eigenvalue weighted by Crippen LogP contribution is -3.00. The average molecular weight is 544 g/mol. The van der Waals surface area contributed by atoms with E-state index in [1.165, 1.54) is 25.1 Å². The zero-order valence-electron chi connectivity index (χ0n) is 20.6. The van der Waals surface area contributed by atoms with Gasteiger partial charge in [-0.25, -0.2) is 0 Å². The third-order valence-corrected chi connectivity index (χ3v) is 6.99. The lowest BCUT2D eigenvalue weighted by Gasteiger charge is -2.53. The molecule has 0 aliphatic heterocycles. The first-order chi connectivity index (χ1) is 16.3. The lowest BCUT2D eigenvalue weighted by atomic mass is 9.54. The number of phenols is 1. The minimum Gasteiger partial charge on any atom is -1.00 e. The fraction of sp³-hybridized carbons (Fsp3) is 0.458. The molecule has 0 spiro atoms. The number of amides is 1. The first-order valence-corrected chi connectivity index (χ1v) is 11.0. The van der Waals surface area contributed by atoms with Gasteiger partial charge in [-0.2, -0.15) is 0 Å². The molecule has 37 heavy (non-hydrogen) atoms. The number of carbonyl (C=O) groups excluding carboxylic acids is 3. The minimum absolute atomic E-state index is 0. The number of hydrogen-bond acceptors (Lipinski definition) is 10. The van der Waals surface area contributed by atoms with Gasteiger partial charge in [0.1, 0.15) is 22.8 Å². The first kappa shape index (κ1) is 32.0. The number of rotatable bonds is 2. The van der Waals surface area contributed by atoms with Crippen LogP contribution in [-0.4, -0.2) is 96.9 Å². The van der Waals surface area contributed by atoms with Crippen LogP contribution in [0.2, 0.25) is 0 Å². The maximum absolute atomic E-state index is 13.7. The van der Waals surface area contributed by atoms with E-state index in [9.17, 15) is 39.9 Å². The Morgan fingerprint density at radius 2 is 1.70 bits per heavy atom. The van der Waals surface area contributed by atoms with Crippen LogP contribution in [0.1, 0.15) is 30.9 Å². The molecule has 0 bridgehead atoms. The maximum Gasteiger partial charge on any atom is 0.255 e. The van der Waals surface area contributed by atoms with Gasteiger partial charge in [-0.1, -0.05) is 19.1 Å². The third kappa shape index (κ3) is 4.39. The Bertz CT molecular complexity index is 1160. The van der Waals surface area contributed by atoms with Gasteiger partial charge in [0.25, 0.3) is 5.91 Å². The van der Waals surface area contributed by atoms with Crippen LogP contribution in [0.3, 0.4) is 0 Å². The summed E-state index contributed by atoms with van der Waals surface area (Å²) in [6.07, 6.45) is -1.59. The molecule has 0 saturated heterocycles. The second-order valence-electron chi connectivity index (χ2n) is 9.11. The van der Waals surface area contributed by atoms with E-state index in [-0.39, 0.29) is 35.8 Å². The molecule has 0 aromatic heterocycles. The van der Waals surface area contributed by atoms with Gasteiger partial charge in [-0.05, 0) is 38.6 Å². The Kier molecular flexibility index (Phi) is 9.67. The number of fused-ring (bicyclic) bond motifs is 3. The van der Waals surface area contributed by atoms with Crippen LogP contribution in [-0.2, 0) is 14.4 Å². The van der Waals surface area contributed by atoms with Gasteiger partial charge in [0.05, 0.1) is 23.6 Å². The predicted octanol–water partition coefficient (Wildman–Crippen LogP) is -4.33. The summed E-state index contributed by atoms with van der Waals surface area (Å²) < 4.78 is 0. The summed E-state index contributed by atoms with van der Waals surface area (Å²) in [5, 5.41) is 62.5. The number of primary amides is 1. The Morgan fingerprint density at radius 3 is 2.19 bits per heavy atom. The number of nitrogens with two attached hydrogens (primary N) is 1. The molecule has 206 valence electrons. The lowest BCUT2D eigenvalue weighted by molar-refractivity contribution is -0.169. The Hall–Kier alpha value is -3.00. The van der Waals surface area contributed by atoms with Crippen molar-refractivity contribution in [1.82, 2.24) is 4.90 Å². The van der Waals surface area contributed by atoms with E-state index in [1.807, 2.05) is 0 Å². The number of carbonyl (C=O) groups is 3. The third-order valence-electron chi connectivity index (χ3n) is 6.99. The largest absolute Gasteiger partial charge is 1.00 e. The van der Waals surface area contributed by atoms with Crippen LogP contribution in [0.5, 0.6) is 5.75 Å². The summed E-state index contributed by atoms with van der Waals surface area (Å²) in [5.74, 6) is -8.87. The molecule has 0 heterocycles. The molecule has 1 fully saturated rings. The summed E-state index contributed by atoms with van der Waals surface area (Å²) in [5.41, 5.74) is 1.47. The van der Waals surface area contributed by atoms with E-state index in [0.29, 0.717) is 5.56 Å². The van der Waals surface area contributed by atoms with Crippen molar-refractivity contribution in [3.8, 4) is 5.75 Å². The van der Waals surface area contributed by atoms with Crippen LogP contribution in [0.25, 0.3) is 5.76 Å². The van der Waals surface area contributed by atoms with E-state index < -0.39 is 75.6 Å². The first-order valence-electron chi connectivity index (χ1n) is 11.0. The van der Waals surface area contributed by atoms with Gasteiger partial charge in [-0.15, -0.1) is 0 Å². The van der Waals surface area contributed by atoms with Gasteiger partial charge < -0.3 is 54.3 Å². The number of benzene rings is 1. The van der Waals surface area contributed by atoms with E-state index in [1.54, 1.807) is 26.0 Å². The summed E-state index contributed by atoms with van der Waals surface area (Å²) in [6.45, 7) is 3.61. The van der Waals surface area contributed by atoms with E-state index in [4.69, 9.17) is 10.8 Å². The molecular formula is C24H32ClN2O10-.